The van der Waals surface area contributed by atoms with Crippen LogP contribution in [0.25, 0.3) is 0 Å². The van der Waals surface area contributed by atoms with E-state index in [0.29, 0.717) is 0 Å². The van der Waals surface area contributed by atoms with Gasteiger partial charge in [-0.3, -0.25) is 0 Å². The molecule has 0 aliphatic carbocycles. The molecule has 0 aromatic rings. The van der Waals surface area contributed by atoms with E-state index in [9.17, 15) is 0 Å². The summed E-state index contributed by atoms with van der Waals surface area (Å²) in [5.74, 6) is 0. The average molecular weight is 1230 g/mol. The van der Waals surface area contributed by atoms with Gasteiger partial charge < -0.3 is 63.8 Å². The maximum Gasteiger partial charge on any atom is 0.502 e. The molecule has 12 aliphatic rings. The van der Waals surface area contributed by atoms with Gasteiger partial charge in [-0.25, -0.2) is 56.0 Å². The minimum absolute atomic E-state index is 0.945. The number of hydrogen-bond donors (Lipinski definition) is 12. The van der Waals surface area contributed by atoms with Crippen LogP contribution >= 0.6 is 37.9 Å². The molecular weight excluding hydrogens is 1120 g/mol. The Morgan fingerprint density at radius 3 is 0.333 bits per heavy atom. The second-order valence-corrected chi connectivity index (χ2v) is 38.5. The molecular formula is C48H108N28P5+. The summed E-state index contributed by atoms with van der Waals surface area (Å²) in [4.78, 5) is 0. The number of rotatable bonds is 16. The molecule has 0 spiro atoms. The summed E-state index contributed by atoms with van der Waals surface area (Å²) in [6, 6.07) is 0. The third kappa shape index (κ3) is 13.3. The van der Waals surface area contributed by atoms with Crippen LogP contribution in [0.15, 0.2) is 18.1 Å². The van der Waals surface area contributed by atoms with Crippen molar-refractivity contribution in [2.45, 2.75) is 0 Å². The maximum atomic E-state index is 7.54. The highest BCUT2D eigenvalue weighted by atomic mass is 31.3. The standard InChI is InChI=1S/C48H108N28P5/c1-25-65(26-2-49-1)78(66-27-3-50-4-28-66,67-29-5-51-6-30-67)61-77(62-79(68-31-7-52-8-32-68,69-33-9-53-10-34-69)70-35-11-54-12-36-70,63-80(71-37-13-55-14-38-71,72-39-15-56-16-40-72)73-41-17-57-18-42-73)64-81(74-43-19-58-20-44-74,75-45-21-59-22-46-75)76-47-23-60-24-48-76/h49-60H,1-48H2/q+1. The fourth-order valence-electron chi connectivity index (χ4n) is 14.6. The zero-order valence-corrected chi connectivity index (χ0v) is 53.8. The summed E-state index contributed by atoms with van der Waals surface area (Å²) in [6.07, 6.45) is 0. The molecule has 12 rings (SSSR count). The van der Waals surface area contributed by atoms with E-state index in [4.69, 9.17) is 18.1 Å². The van der Waals surface area contributed by atoms with Crippen LogP contribution in [-0.2, 0) is 0 Å². The van der Waals surface area contributed by atoms with E-state index in [0.717, 1.165) is 314 Å². The Morgan fingerprint density at radius 1 is 0.160 bits per heavy atom. The van der Waals surface area contributed by atoms with Crippen LogP contribution in [0.2, 0.25) is 0 Å². The highest BCUT2D eigenvalue weighted by Gasteiger charge is 2.62. The lowest BCUT2D eigenvalue weighted by Gasteiger charge is -2.54. The van der Waals surface area contributed by atoms with Gasteiger partial charge in [0.25, 0.3) is 0 Å². The highest BCUT2D eigenvalue weighted by molar-refractivity contribution is 7.88. The zero-order chi connectivity index (χ0) is 54.7. The van der Waals surface area contributed by atoms with Crippen molar-refractivity contribution in [3.8, 4) is 0 Å². The lowest BCUT2D eigenvalue weighted by Crippen LogP contribution is -2.56. The molecule has 0 unspecified atom stereocenters. The van der Waals surface area contributed by atoms with Crippen LogP contribution < -0.4 is 63.8 Å². The van der Waals surface area contributed by atoms with Gasteiger partial charge in [0, 0.05) is 314 Å². The Kier molecular flexibility index (Phi) is 22.7. The van der Waals surface area contributed by atoms with E-state index in [1.54, 1.807) is 0 Å². The number of nitrogens with one attached hydrogen (secondary N) is 12. The fourth-order valence-corrected chi connectivity index (χ4v) is 41.1. The molecule has 0 radical (unpaired) electrons. The predicted molar refractivity (Wildman–Crippen MR) is 338 cm³/mol. The molecule has 12 saturated heterocycles. The van der Waals surface area contributed by atoms with Crippen LogP contribution in [-0.4, -0.2) is 370 Å². The molecule has 12 N–H and O–H groups in total. The van der Waals surface area contributed by atoms with Crippen molar-refractivity contribution in [2.24, 2.45) is 18.1 Å². The minimum atomic E-state index is -3.83. The molecule has 464 valence electrons. The van der Waals surface area contributed by atoms with Gasteiger partial charge in [0.1, 0.15) is 0 Å². The third-order valence-electron chi connectivity index (χ3n) is 18.6. The summed E-state index contributed by atoms with van der Waals surface area (Å²) < 4.78 is 65.6. The van der Waals surface area contributed by atoms with Crippen molar-refractivity contribution in [2.75, 3.05) is 314 Å². The molecule has 0 atom stereocenters. The van der Waals surface area contributed by atoms with Gasteiger partial charge in [-0.05, 0) is 18.1 Å². The lowest BCUT2D eigenvalue weighted by atomic mass is 10.4. The summed E-state index contributed by atoms with van der Waals surface area (Å²) in [7, 11) is -15.5. The van der Waals surface area contributed by atoms with Crippen LogP contribution in [0.5, 0.6) is 0 Å². The van der Waals surface area contributed by atoms with Crippen molar-refractivity contribution in [3.05, 3.63) is 0 Å². The van der Waals surface area contributed by atoms with Crippen molar-refractivity contribution in [1.29, 1.82) is 0 Å². The van der Waals surface area contributed by atoms with E-state index in [1.165, 1.54) is 0 Å². The van der Waals surface area contributed by atoms with Crippen LogP contribution in [0, 0.1) is 0 Å². The number of hydrogen-bond acceptors (Lipinski definition) is 16. The Balaban J connectivity index is 1.34. The quantitative estimate of drug-likeness (QED) is 0.0707. The molecule has 12 heterocycles. The van der Waals surface area contributed by atoms with Crippen molar-refractivity contribution >= 4 is 37.9 Å². The van der Waals surface area contributed by atoms with E-state index in [1.807, 2.05) is 0 Å². The van der Waals surface area contributed by atoms with Crippen LogP contribution in [0.1, 0.15) is 0 Å². The molecule has 12 aliphatic heterocycles. The summed E-state index contributed by atoms with van der Waals surface area (Å²) in [5.41, 5.74) is 0. The first kappa shape index (κ1) is 61.6. The first-order valence-electron chi connectivity index (χ1n) is 32.1. The van der Waals surface area contributed by atoms with E-state index in [-0.39, 0.29) is 0 Å². The SMILES string of the molecule is C1CN(P(=N[P+](N=P(N2CCNCC2)(N2CCNCC2)N2CCNCC2)(N=P(N2CCNCC2)(N2CCNCC2)N2CCNCC2)N=P(N2CCNCC2)(N2CCNCC2)N2CCNCC2)(N2CCNCC2)N2CCNCC2)CCN1. The van der Waals surface area contributed by atoms with Gasteiger partial charge in [-0.2, -0.15) is 0 Å². The lowest BCUT2D eigenvalue weighted by molar-refractivity contribution is 0.260. The Morgan fingerprint density at radius 2 is 0.247 bits per heavy atom. The second-order valence-electron chi connectivity index (χ2n) is 23.5. The van der Waals surface area contributed by atoms with Crippen molar-refractivity contribution < 1.29 is 0 Å². The van der Waals surface area contributed by atoms with Gasteiger partial charge in [0.15, 0.2) is 0 Å². The zero-order valence-electron chi connectivity index (χ0n) is 49.3. The van der Waals surface area contributed by atoms with Crippen molar-refractivity contribution in [3.63, 3.8) is 0 Å². The molecule has 28 nitrogen and oxygen atoms in total. The normalized spacial score (nSPS) is 29.1. The Hall–Kier alpha value is 0.390. The molecule has 0 amide bonds. The molecule has 0 saturated carbocycles. The maximum absolute atomic E-state index is 7.54. The summed E-state index contributed by atoms with van der Waals surface area (Å²) >= 11 is 0. The molecule has 0 aromatic carbocycles. The van der Waals surface area contributed by atoms with Crippen LogP contribution in [0.4, 0.5) is 0 Å². The largest absolute Gasteiger partial charge is 0.502 e. The number of nitrogens with zero attached hydrogens (tertiary/aromatic N) is 16. The average Bonchev–Trinajstić information content (AvgIpc) is 3.68. The summed E-state index contributed by atoms with van der Waals surface area (Å²) in [5, 5.41) is 46.5. The first-order chi connectivity index (χ1) is 40.1. The smallest absolute Gasteiger partial charge is 0.314 e. The molecule has 12 fully saturated rings. The minimum Gasteiger partial charge on any atom is -0.314 e. The predicted octanol–water partition coefficient (Wildman–Crippen LogP) is -2.69. The van der Waals surface area contributed by atoms with Gasteiger partial charge in [0.05, 0.1) is 0 Å². The van der Waals surface area contributed by atoms with E-state index >= 15 is 0 Å². The highest BCUT2D eigenvalue weighted by Crippen LogP contribution is 2.88. The fraction of sp³-hybridized carbons (Fsp3) is 1.00. The second kappa shape index (κ2) is 29.8. The molecule has 0 aromatic heterocycles. The topological polar surface area (TPSA) is 233 Å². The Labute approximate surface area is 487 Å². The first-order valence-corrected chi connectivity index (χ1v) is 40.1. The molecule has 81 heavy (non-hydrogen) atoms. The van der Waals surface area contributed by atoms with E-state index < -0.39 is 37.9 Å². The van der Waals surface area contributed by atoms with Gasteiger partial charge in [-0.15, -0.1) is 0 Å². The van der Waals surface area contributed by atoms with Crippen LogP contribution in [0.3, 0.4) is 0 Å². The molecule has 33 heteroatoms. The number of piperazine rings is 12. The van der Waals surface area contributed by atoms with Crippen molar-refractivity contribution in [1.82, 2.24) is 120 Å². The summed E-state index contributed by atoms with van der Waals surface area (Å²) in [6.45, 7) is 45.4. The van der Waals surface area contributed by atoms with Gasteiger partial charge in [0.2, 0.25) is 30.0 Å². The van der Waals surface area contributed by atoms with Gasteiger partial charge >= 0.3 is 7.87 Å². The molecule has 0 bridgehead atoms. The third-order valence-corrected chi connectivity index (χ3v) is 40.2. The Bertz CT molecular complexity index is 1650. The van der Waals surface area contributed by atoms with E-state index in [2.05, 4.69) is 120 Å². The monoisotopic (exact) mass is 1230 g/mol. The van der Waals surface area contributed by atoms with Gasteiger partial charge in [-0.1, -0.05) is 0 Å².